The Labute approximate surface area is 237 Å². The van der Waals surface area contributed by atoms with Crippen molar-refractivity contribution in [1.82, 2.24) is 0 Å². The highest BCUT2D eigenvalue weighted by molar-refractivity contribution is 5.89. The monoisotopic (exact) mass is 582 g/mol. The number of hydrogen-bond acceptors (Lipinski definition) is 13. The smallest absolute Gasteiger partial charge is 0.342 e. The summed E-state index contributed by atoms with van der Waals surface area (Å²) in [6, 6.07) is 0. The fourth-order valence-electron chi connectivity index (χ4n) is 7.32. The van der Waals surface area contributed by atoms with Crippen molar-refractivity contribution in [3.05, 3.63) is 11.6 Å². The molecular formula is C28H38O13. The van der Waals surface area contributed by atoms with E-state index in [1.807, 2.05) is 0 Å². The molecule has 41 heavy (non-hydrogen) atoms. The second-order valence-corrected chi connectivity index (χ2v) is 11.9. The van der Waals surface area contributed by atoms with Gasteiger partial charge in [-0.1, -0.05) is 13.8 Å². The molecule has 2 N–H and O–H groups in total. The zero-order chi connectivity index (χ0) is 30.8. The summed E-state index contributed by atoms with van der Waals surface area (Å²) in [5.74, 6) is -5.56. The Morgan fingerprint density at radius 2 is 1.44 bits per heavy atom. The number of ether oxygens (including phenoxy) is 6. The van der Waals surface area contributed by atoms with E-state index in [2.05, 4.69) is 0 Å². The van der Waals surface area contributed by atoms with Gasteiger partial charge in [0.1, 0.15) is 24.4 Å². The highest BCUT2D eigenvalue weighted by atomic mass is 16.7. The Hall–Kier alpha value is -3.03. The molecule has 0 aromatic heterocycles. The second kappa shape index (κ2) is 10.4. The van der Waals surface area contributed by atoms with Crippen LogP contribution in [0, 0.1) is 17.3 Å². The summed E-state index contributed by atoms with van der Waals surface area (Å²) in [6.45, 7) is 10.9. The minimum atomic E-state index is -1.73. The summed E-state index contributed by atoms with van der Waals surface area (Å²) >= 11 is 0. The molecule has 2 aliphatic heterocycles. The van der Waals surface area contributed by atoms with Crippen molar-refractivity contribution in [3.63, 3.8) is 0 Å². The quantitative estimate of drug-likeness (QED) is 0.202. The van der Waals surface area contributed by atoms with Gasteiger partial charge in [-0.25, -0.2) is 4.79 Å². The average Bonchev–Trinajstić information content (AvgIpc) is 3.43. The zero-order valence-corrected chi connectivity index (χ0v) is 24.4. The van der Waals surface area contributed by atoms with Crippen LogP contribution < -0.4 is 0 Å². The predicted molar refractivity (Wildman–Crippen MR) is 135 cm³/mol. The van der Waals surface area contributed by atoms with Crippen LogP contribution in [-0.4, -0.2) is 94.0 Å². The van der Waals surface area contributed by atoms with Crippen LogP contribution in [0.2, 0.25) is 0 Å². The molecule has 0 bridgehead atoms. The summed E-state index contributed by atoms with van der Waals surface area (Å²) < 4.78 is 34.7. The van der Waals surface area contributed by atoms with Gasteiger partial charge in [0, 0.05) is 40.0 Å². The number of rotatable bonds is 4. The van der Waals surface area contributed by atoms with Crippen LogP contribution in [0.25, 0.3) is 0 Å². The van der Waals surface area contributed by atoms with Crippen molar-refractivity contribution in [2.45, 2.75) is 116 Å². The van der Waals surface area contributed by atoms with E-state index < -0.39 is 101 Å². The first-order valence-electron chi connectivity index (χ1n) is 13.6. The number of carbonyl (C=O) groups is 5. The third kappa shape index (κ3) is 4.71. The first-order chi connectivity index (χ1) is 18.9. The van der Waals surface area contributed by atoms with E-state index in [4.69, 9.17) is 28.4 Å². The van der Waals surface area contributed by atoms with Gasteiger partial charge in [-0.2, -0.15) is 0 Å². The van der Waals surface area contributed by atoms with E-state index in [1.165, 1.54) is 26.8 Å². The Morgan fingerprint density at radius 3 is 1.95 bits per heavy atom. The lowest BCUT2D eigenvalue weighted by Gasteiger charge is -2.57. The van der Waals surface area contributed by atoms with Crippen molar-refractivity contribution < 1.29 is 62.6 Å². The molecule has 1 spiro atoms. The molecule has 2 aliphatic carbocycles. The largest absolute Gasteiger partial charge is 0.462 e. The number of hydrogen-bond donors (Lipinski definition) is 2. The first kappa shape index (κ1) is 30.9. The Kier molecular flexibility index (Phi) is 7.81. The SMILES string of the molecule is CC(=O)O[C@@H]1/C(C)=C/[C@@H]2OC(=O)[C@]3(C)O[C@]23[C@@H](OC(C)=O)[C@H]2[C@@H](C)[C@@H](O)C[C@H](OC(C)=O)[C@]2(C)[C@@H](OC(C)=O)[C@H]1O. The van der Waals surface area contributed by atoms with Gasteiger partial charge in [-0.3, -0.25) is 19.2 Å². The molecule has 2 saturated heterocycles. The molecule has 0 aromatic carbocycles. The van der Waals surface area contributed by atoms with Crippen LogP contribution in [0.3, 0.4) is 0 Å². The standard InChI is InChI=1S/C28H38O13/c1-11-9-19-28(27(8,41-28)25(35)40-19)23(38-15(5)31)20-12(2)17(33)10-18(36-13(3)29)26(20,7)24(39-16(6)32)21(34)22(11)37-14(4)30/h9,12,17-24,33-34H,10H2,1-8H3/b11-9+/t12-,17-,18-,19-,20+,21-,22+,23-,24-,26-,27-,28-/m0/s1. The Bertz CT molecular complexity index is 1180. The van der Waals surface area contributed by atoms with Gasteiger partial charge in [0.25, 0.3) is 0 Å². The molecule has 13 nitrogen and oxygen atoms in total. The van der Waals surface area contributed by atoms with E-state index >= 15 is 0 Å². The third-order valence-corrected chi connectivity index (χ3v) is 9.20. The van der Waals surface area contributed by atoms with E-state index in [1.54, 1.807) is 13.8 Å². The molecule has 228 valence electrons. The molecule has 2 heterocycles. The van der Waals surface area contributed by atoms with Crippen LogP contribution in [0.4, 0.5) is 0 Å². The van der Waals surface area contributed by atoms with Crippen LogP contribution >= 0.6 is 0 Å². The summed E-state index contributed by atoms with van der Waals surface area (Å²) in [7, 11) is 0. The molecule has 1 saturated carbocycles. The molecule has 13 heteroatoms. The number of carbonyl (C=O) groups excluding carboxylic acids is 5. The van der Waals surface area contributed by atoms with Gasteiger partial charge in [0.05, 0.1) is 11.5 Å². The molecule has 0 aromatic rings. The van der Waals surface area contributed by atoms with E-state index in [0.29, 0.717) is 0 Å². The van der Waals surface area contributed by atoms with Crippen molar-refractivity contribution in [1.29, 1.82) is 0 Å². The highest BCUT2D eigenvalue weighted by Crippen LogP contribution is 2.65. The van der Waals surface area contributed by atoms with E-state index in [0.717, 1.165) is 20.8 Å². The Balaban J connectivity index is 2.09. The van der Waals surface area contributed by atoms with Crippen molar-refractivity contribution >= 4 is 29.8 Å². The van der Waals surface area contributed by atoms with Gasteiger partial charge in [-0.05, 0) is 31.4 Å². The van der Waals surface area contributed by atoms with Gasteiger partial charge in [0.15, 0.2) is 23.4 Å². The van der Waals surface area contributed by atoms with Gasteiger partial charge >= 0.3 is 29.8 Å². The topological polar surface area (TPSA) is 184 Å². The molecule has 3 fully saturated rings. The molecule has 4 rings (SSSR count). The third-order valence-electron chi connectivity index (χ3n) is 9.20. The maximum Gasteiger partial charge on any atom is 0.342 e. The fourth-order valence-corrected chi connectivity index (χ4v) is 7.32. The minimum absolute atomic E-state index is 0.123. The Morgan fingerprint density at radius 1 is 0.902 bits per heavy atom. The molecule has 0 unspecified atom stereocenters. The summed E-state index contributed by atoms with van der Waals surface area (Å²) in [4.78, 5) is 62.8. The molecular weight excluding hydrogens is 544 g/mol. The normalized spacial score (nSPS) is 46.2. The van der Waals surface area contributed by atoms with Crippen LogP contribution in [0.5, 0.6) is 0 Å². The first-order valence-corrected chi connectivity index (χ1v) is 13.6. The van der Waals surface area contributed by atoms with E-state index in [-0.39, 0.29) is 12.0 Å². The number of aliphatic hydroxyl groups is 2. The van der Waals surface area contributed by atoms with Gasteiger partial charge < -0.3 is 38.6 Å². The average molecular weight is 583 g/mol. The van der Waals surface area contributed by atoms with Crippen LogP contribution in [-0.2, 0) is 52.4 Å². The van der Waals surface area contributed by atoms with Crippen molar-refractivity contribution in [2.24, 2.45) is 17.3 Å². The van der Waals surface area contributed by atoms with Crippen LogP contribution in [0.1, 0.15) is 61.8 Å². The lowest BCUT2D eigenvalue weighted by atomic mass is 9.52. The molecule has 0 radical (unpaired) electrons. The maximum atomic E-state index is 13.1. The summed E-state index contributed by atoms with van der Waals surface area (Å²) in [6.07, 6.45) is -8.15. The molecule has 12 atom stereocenters. The zero-order valence-electron chi connectivity index (χ0n) is 24.4. The summed E-state index contributed by atoms with van der Waals surface area (Å²) in [5, 5.41) is 23.1. The van der Waals surface area contributed by atoms with Crippen LogP contribution in [0.15, 0.2) is 11.6 Å². The lowest BCUT2D eigenvalue weighted by Crippen LogP contribution is -2.69. The number of fused-ring (bicyclic) bond motifs is 1. The number of aliphatic hydroxyl groups excluding tert-OH is 2. The van der Waals surface area contributed by atoms with Crippen molar-refractivity contribution in [3.8, 4) is 0 Å². The number of esters is 5. The number of epoxide rings is 1. The van der Waals surface area contributed by atoms with Crippen molar-refractivity contribution in [2.75, 3.05) is 0 Å². The predicted octanol–water partition coefficient (Wildman–Crippen LogP) is 0.510. The van der Waals surface area contributed by atoms with Gasteiger partial charge in [-0.15, -0.1) is 0 Å². The lowest BCUT2D eigenvalue weighted by molar-refractivity contribution is -0.248. The maximum absolute atomic E-state index is 13.1. The highest BCUT2D eigenvalue weighted by Gasteiger charge is 2.87. The second-order valence-electron chi connectivity index (χ2n) is 11.9. The summed E-state index contributed by atoms with van der Waals surface area (Å²) in [5.41, 5.74) is -4.55. The minimum Gasteiger partial charge on any atom is -0.462 e. The van der Waals surface area contributed by atoms with Gasteiger partial charge in [0.2, 0.25) is 0 Å². The molecule has 4 aliphatic rings. The fraction of sp³-hybridized carbons (Fsp3) is 0.750. The van der Waals surface area contributed by atoms with E-state index in [9.17, 15) is 34.2 Å². The molecule has 0 amide bonds.